The van der Waals surface area contributed by atoms with Crippen LogP contribution in [0.2, 0.25) is 0 Å². The number of hydrogen-bond acceptors (Lipinski definition) is 5. The summed E-state index contributed by atoms with van der Waals surface area (Å²) in [6.45, 7) is 5.12. The summed E-state index contributed by atoms with van der Waals surface area (Å²) >= 11 is 1.66. The van der Waals surface area contributed by atoms with Crippen LogP contribution in [0.1, 0.15) is 25.1 Å². The maximum atomic E-state index is 12.4. The number of hydrogen-bond donors (Lipinski definition) is 3. The van der Waals surface area contributed by atoms with E-state index < -0.39 is 0 Å². The monoisotopic (exact) mass is 459 g/mol. The van der Waals surface area contributed by atoms with Gasteiger partial charge in [0.2, 0.25) is 0 Å². The SMILES string of the molecule is CC=CC(=CCC)CNC(=O)Nc1cccc(-c2ccc3c4c(sc3c2)C(N)=NCN4C)c1. The van der Waals surface area contributed by atoms with E-state index in [4.69, 9.17) is 5.73 Å². The molecular formula is C26H29N5OS. The number of rotatable bonds is 6. The molecule has 0 aliphatic carbocycles. The first kappa shape index (κ1) is 22.6. The molecule has 0 bridgehead atoms. The zero-order valence-electron chi connectivity index (χ0n) is 19.2. The van der Waals surface area contributed by atoms with Crippen molar-refractivity contribution in [3.8, 4) is 11.1 Å². The predicted octanol–water partition coefficient (Wildman–Crippen LogP) is 5.71. The average Bonchev–Trinajstić information content (AvgIpc) is 3.20. The van der Waals surface area contributed by atoms with Gasteiger partial charge in [-0.25, -0.2) is 9.79 Å². The number of thiophene rings is 1. The molecule has 2 aromatic carbocycles. The molecule has 0 spiro atoms. The number of benzene rings is 2. The van der Waals surface area contributed by atoms with Gasteiger partial charge in [-0.2, -0.15) is 0 Å². The Morgan fingerprint density at radius 2 is 2.06 bits per heavy atom. The minimum absolute atomic E-state index is 0.224. The molecule has 0 radical (unpaired) electrons. The first-order chi connectivity index (χ1) is 16.0. The third kappa shape index (κ3) is 4.93. The minimum Gasteiger partial charge on any atom is -0.383 e. The molecule has 0 atom stereocenters. The van der Waals surface area contributed by atoms with Crippen molar-refractivity contribution in [3.05, 3.63) is 71.1 Å². The quantitative estimate of drug-likeness (QED) is 0.413. The Hall–Kier alpha value is -3.58. The molecule has 33 heavy (non-hydrogen) atoms. The third-order valence-electron chi connectivity index (χ3n) is 5.49. The molecule has 7 heteroatoms. The second-order valence-electron chi connectivity index (χ2n) is 7.95. The topological polar surface area (TPSA) is 82.8 Å². The van der Waals surface area contributed by atoms with Crippen LogP contribution in [0.3, 0.4) is 0 Å². The molecule has 1 aliphatic rings. The van der Waals surface area contributed by atoms with Gasteiger partial charge in [0.1, 0.15) is 12.5 Å². The number of carbonyl (C=O) groups excluding carboxylic acids is 1. The number of nitrogens with two attached hydrogens (primary N) is 1. The molecule has 0 saturated carbocycles. The van der Waals surface area contributed by atoms with E-state index >= 15 is 0 Å². The number of urea groups is 1. The highest BCUT2D eigenvalue weighted by molar-refractivity contribution is 7.21. The van der Waals surface area contributed by atoms with Gasteiger partial charge >= 0.3 is 6.03 Å². The Bertz CT molecular complexity index is 1270. The molecule has 2 amide bonds. The number of amidine groups is 1. The number of anilines is 2. The Morgan fingerprint density at radius 3 is 2.85 bits per heavy atom. The highest BCUT2D eigenvalue weighted by atomic mass is 32.1. The Morgan fingerprint density at radius 1 is 1.24 bits per heavy atom. The van der Waals surface area contributed by atoms with Gasteiger partial charge in [0.25, 0.3) is 0 Å². The molecule has 1 aliphatic heterocycles. The van der Waals surface area contributed by atoms with Crippen LogP contribution in [0.15, 0.2) is 71.3 Å². The number of amides is 2. The van der Waals surface area contributed by atoms with E-state index in [1.165, 1.54) is 10.1 Å². The van der Waals surface area contributed by atoms with Gasteiger partial charge < -0.3 is 21.3 Å². The van der Waals surface area contributed by atoms with E-state index in [9.17, 15) is 4.79 Å². The fourth-order valence-electron chi connectivity index (χ4n) is 3.95. The van der Waals surface area contributed by atoms with Crippen LogP contribution in [-0.4, -0.2) is 32.1 Å². The molecule has 1 aromatic heterocycles. The van der Waals surface area contributed by atoms with Crippen LogP contribution >= 0.6 is 11.3 Å². The van der Waals surface area contributed by atoms with E-state index in [0.717, 1.165) is 39.4 Å². The molecule has 6 nitrogen and oxygen atoms in total. The Kier molecular flexibility index (Phi) is 6.79. The lowest BCUT2D eigenvalue weighted by molar-refractivity contribution is 0.253. The molecular weight excluding hydrogens is 430 g/mol. The molecule has 2 heterocycles. The highest BCUT2D eigenvalue weighted by Gasteiger charge is 2.22. The van der Waals surface area contributed by atoms with Gasteiger partial charge in [0, 0.05) is 29.4 Å². The van der Waals surface area contributed by atoms with Crippen molar-refractivity contribution in [2.75, 3.05) is 30.5 Å². The first-order valence-corrected chi connectivity index (χ1v) is 11.9. The summed E-state index contributed by atoms with van der Waals surface area (Å²) in [5.41, 5.74) is 11.3. The van der Waals surface area contributed by atoms with Crippen molar-refractivity contribution in [3.63, 3.8) is 0 Å². The van der Waals surface area contributed by atoms with Crippen molar-refractivity contribution in [2.45, 2.75) is 20.3 Å². The van der Waals surface area contributed by atoms with Crippen LogP contribution in [0.25, 0.3) is 21.2 Å². The Labute approximate surface area is 198 Å². The third-order valence-corrected chi connectivity index (χ3v) is 6.65. The van der Waals surface area contributed by atoms with Gasteiger partial charge in [-0.15, -0.1) is 11.3 Å². The minimum atomic E-state index is -0.224. The fourth-order valence-corrected chi connectivity index (χ4v) is 5.16. The van der Waals surface area contributed by atoms with Crippen LogP contribution in [-0.2, 0) is 0 Å². The van der Waals surface area contributed by atoms with Crippen LogP contribution in [0.5, 0.6) is 0 Å². The molecule has 0 unspecified atom stereocenters. The normalized spacial score (nSPS) is 13.8. The second-order valence-corrected chi connectivity index (χ2v) is 9.00. The summed E-state index contributed by atoms with van der Waals surface area (Å²) in [5, 5.41) is 7.05. The summed E-state index contributed by atoms with van der Waals surface area (Å²) in [5.74, 6) is 0.606. The number of carbonyl (C=O) groups is 1. The Balaban J connectivity index is 1.52. The molecule has 4 rings (SSSR count). The summed E-state index contributed by atoms with van der Waals surface area (Å²) in [4.78, 5) is 20.0. The predicted molar refractivity (Wildman–Crippen MR) is 141 cm³/mol. The lowest BCUT2D eigenvalue weighted by Gasteiger charge is -2.22. The van der Waals surface area contributed by atoms with Gasteiger partial charge in [0.05, 0.1) is 10.6 Å². The molecule has 4 N–H and O–H groups in total. The summed E-state index contributed by atoms with van der Waals surface area (Å²) in [7, 11) is 2.04. The van der Waals surface area contributed by atoms with E-state index in [2.05, 4.69) is 51.7 Å². The summed E-state index contributed by atoms with van der Waals surface area (Å²) < 4.78 is 1.17. The van der Waals surface area contributed by atoms with Gasteiger partial charge in [0.15, 0.2) is 0 Å². The number of nitrogens with zero attached hydrogens (tertiary/aromatic N) is 2. The van der Waals surface area contributed by atoms with Gasteiger partial charge in [-0.3, -0.25) is 0 Å². The molecule has 0 fully saturated rings. The van der Waals surface area contributed by atoms with Crippen molar-refractivity contribution in [1.29, 1.82) is 0 Å². The van der Waals surface area contributed by atoms with Crippen LogP contribution in [0, 0.1) is 0 Å². The summed E-state index contributed by atoms with van der Waals surface area (Å²) in [6, 6.07) is 14.1. The maximum absolute atomic E-state index is 12.4. The van der Waals surface area contributed by atoms with Crippen molar-refractivity contribution in [1.82, 2.24) is 5.32 Å². The van der Waals surface area contributed by atoms with Gasteiger partial charge in [-0.05, 0) is 48.2 Å². The van der Waals surface area contributed by atoms with Gasteiger partial charge in [-0.1, -0.05) is 49.4 Å². The first-order valence-electron chi connectivity index (χ1n) is 11.0. The van der Waals surface area contributed by atoms with Crippen LogP contribution < -0.4 is 21.3 Å². The molecule has 0 saturated heterocycles. The van der Waals surface area contributed by atoms with E-state index in [-0.39, 0.29) is 6.03 Å². The molecule has 3 aromatic rings. The zero-order chi connectivity index (χ0) is 23.4. The second kappa shape index (κ2) is 9.92. The van der Waals surface area contributed by atoms with Crippen molar-refractivity contribution >= 4 is 44.7 Å². The van der Waals surface area contributed by atoms with E-state index in [0.29, 0.717) is 19.0 Å². The number of fused-ring (bicyclic) bond motifs is 3. The fraction of sp³-hybridized carbons (Fsp3) is 0.231. The van der Waals surface area contributed by atoms with Crippen molar-refractivity contribution < 1.29 is 4.79 Å². The van der Waals surface area contributed by atoms with E-state index in [1.807, 2.05) is 50.4 Å². The standard InChI is InChI=1S/C26H29N5OS/c1-4-7-17(8-5-2)15-28-26(32)30-20-10-6-9-18(13-20)19-11-12-21-22(14-19)33-24-23(21)31(3)16-29-25(24)27/h4,6-14H,5,15-16H2,1-3H3,(H2,27,29)(H2,28,30,32). The lowest BCUT2D eigenvalue weighted by Crippen LogP contribution is -2.30. The lowest BCUT2D eigenvalue weighted by atomic mass is 10.0. The van der Waals surface area contributed by atoms with Crippen molar-refractivity contribution in [2.24, 2.45) is 10.7 Å². The maximum Gasteiger partial charge on any atom is 0.319 e. The average molecular weight is 460 g/mol. The highest BCUT2D eigenvalue weighted by Crippen LogP contribution is 2.41. The molecule has 170 valence electrons. The van der Waals surface area contributed by atoms with E-state index in [1.54, 1.807) is 11.3 Å². The van der Waals surface area contributed by atoms with Crippen LogP contribution in [0.4, 0.5) is 16.2 Å². The smallest absolute Gasteiger partial charge is 0.319 e. The number of allylic oxidation sites excluding steroid dienone is 2. The largest absolute Gasteiger partial charge is 0.383 e. The summed E-state index contributed by atoms with van der Waals surface area (Å²) in [6.07, 6.45) is 7.03. The number of nitrogens with one attached hydrogen (secondary N) is 2. The number of aliphatic imine (C=N–C) groups is 1. The zero-order valence-corrected chi connectivity index (χ0v) is 20.0.